The van der Waals surface area contributed by atoms with Crippen LogP contribution in [0.2, 0.25) is 5.02 Å². The smallest absolute Gasteiger partial charge is 0.431 e. The number of alkyl halides is 3. The number of nitrogens with zero attached hydrogens (tertiary/aromatic N) is 2. The van der Waals surface area contributed by atoms with Gasteiger partial charge >= 0.3 is 6.18 Å². The van der Waals surface area contributed by atoms with Gasteiger partial charge in [-0.05, 0) is 47.5 Å². The van der Waals surface area contributed by atoms with Crippen LogP contribution in [0.25, 0.3) is 11.1 Å². The quantitative estimate of drug-likeness (QED) is 0.363. The molecule has 0 saturated heterocycles. The Balaban J connectivity index is 1.54. The summed E-state index contributed by atoms with van der Waals surface area (Å²) in [6.07, 6.45) is -4.00. The average Bonchev–Trinajstić information content (AvgIpc) is 3.23. The van der Waals surface area contributed by atoms with Gasteiger partial charge < -0.3 is 4.74 Å². The molecule has 0 aromatic heterocycles. The Kier molecular flexibility index (Phi) is 6.79. The molecule has 1 aliphatic heterocycles. The number of ether oxygens (including phenoxy) is 1. The van der Waals surface area contributed by atoms with E-state index in [1.165, 1.54) is 42.5 Å². The monoisotopic (exact) mass is 526 g/mol. The highest BCUT2D eigenvalue weighted by atomic mass is 35.5. The minimum atomic E-state index is -4.62. The summed E-state index contributed by atoms with van der Waals surface area (Å²) in [5, 5.41) is 5.07. The zero-order chi connectivity index (χ0) is 25.4. The third-order valence-corrected chi connectivity index (χ3v) is 6.82. The highest BCUT2D eigenvalue weighted by molar-refractivity contribution is 7.90. The molecule has 0 spiro atoms. The number of benzene rings is 3. The lowest BCUT2D eigenvalue weighted by atomic mass is 10.1. The van der Waals surface area contributed by atoms with Crippen LogP contribution in [-0.4, -0.2) is 39.2 Å². The molecule has 0 amide bonds. The predicted octanol–water partition coefficient (Wildman–Crippen LogP) is 6.13. The van der Waals surface area contributed by atoms with Crippen molar-refractivity contribution in [2.24, 2.45) is 5.10 Å². The molecular weight excluding hydrogens is 508 g/mol. The van der Waals surface area contributed by atoms with Gasteiger partial charge in [0.1, 0.15) is 12.3 Å². The molecule has 11 heteroatoms. The Morgan fingerprint density at radius 1 is 1.06 bits per heavy atom. The van der Waals surface area contributed by atoms with Crippen LogP contribution in [0.5, 0.6) is 5.75 Å². The van der Waals surface area contributed by atoms with Crippen molar-refractivity contribution >= 4 is 32.8 Å². The number of para-hydroxylation sites is 1. The molecule has 0 bridgehead atoms. The standard InChI is InChI=1S/C24H19ClF4N2O3S/c1-35(32,33)18-6-4-5-15(11-18)16-9-10-22(20(26)12-16)34-14-17-13-23(24(27,28)29)30-31(17)21-8-3-2-7-19(21)25/h2-12,17H,13-14H2,1H3. The first-order valence-corrected chi connectivity index (χ1v) is 12.6. The van der Waals surface area contributed by atoms with Gasteiger partial charge in [-0.25, -0.2) is 12.8 Å². The van der Waals surface area contributed by atoms with E-state index in [0.717, 1.165) is 11.3 Å². The molecule has 5 nitrogen and oxygen atoms in total. The van der Waals surface area contributed by atoms with Gasteiger partial charge in [0.2, 0.25) is 0 Å². The van der Waals surface area contributed by atoms with Gasteiger partial charge in [-0.3, -0.25) is 5.01 Å². The van der Waals surface area contributed by atoms with Crippen LogP contribution in [0.1, 0.15) is 6.42 Å². The Bertz CT molecular complexity index is 1390. The normalized spacial score (nSPS) is 16.3. The molecule has 0 aliphatic carbocycles. The summed E-state index contributed by atoms with van der Waals surface area (Å²) in [6, 6.07) is 15.6. The number of hydrogen-bond acceptors (Lipinski definition) is 5. The molecule has 0 radical (unpaired) electrons. The number of hydrogen-bond donors (Lipinski definition) is 0. The fourth-order valence-corrected chi connectivity index (χ4v) is 4.53. The van der Waals surface area contributed by atoms with Crippen LogP contribution >= 0.6 is 11.6 Å². The van der Waals surface area contributed by atoms with Crippen molar-refractivity contribution in [1.82, 2.24) is 0 Å². The molecule has 1 aliphatic rings. The lowest BCUT2D eigenvalue weighted by molar-refractivity contribution is -0.0600. The second-order valence-electron chi connectivity index (χ2n) is 7.95. The van der Waals surface area contributed by atoms with Crippen molar-refractivity contribution in [3.63, 3.8) is 0 Å². The third kappa shape index (κ3) is 5.59. The van der Waals surface area contributed by atoms with E-state index in [-0.39, 0.29) is 28.0 Å². The molecular formula is C24H19ClF4N2O3S. The van der Waals surface area contributed by atoms with Crippen LogP contribution in [0, 0.1) is 5.82 Å². The van der Waals surface area contributed by atoms with Gasteiger partial charge in [0.25, 0.3) is 0 Å². The second-order valence-corrected chi connectivity index (χ2v) is 10.4. The maximum absolute atomic E-state index is 14.8. The first-order chi connectivity index (χ1) is 16.4. The van der Waals surface area contributed by atoms with Crippen molar-refractivity contribution in [1.29, 1.82) is 0 Å². The molecule has 1 unspecified atom stereocenters. The van der Waals surface area contributed by atoms with Crippen molar-refractivity contribution in [2.75, 3.05) is 17.9 Å². The average molecular weight is 527 g/mol. The number of anilines is 1. The summed E-state index contributed by atoms with van der Waals surface area (Å²) in [4.78, 5) is 0.0945. The minimum Gasteiger partial charge on any atom is -0.488 e. The summed E-state index contributed by atoms with van der Waals surface area (Å²) in [7, 11) is -3.44. The molecule has 184 valence electrons. The largest absolute Gasteiger partial charge is 0.488 e. The molecule has 1 atom stereocenters. The van der Waals surface area contributed by atoms with Gasteiger partial charge in [-0.2, -0.15) is 18.3 Å². The Hall–Kier alpha value is -3.11. The van der Waals surface area contributed by atoms with E-state index in [1.54, 1.807) is 24.3 Å². The topological polar surface area (TPSA) is 59.0 Å². The van der Waals surface area contributed by atoms with Gasteiger partial charge in [-0.1, -0.05) is 41.9 Å². The van der Waals surface area contributed by atoms with E-state index in [1.807, 2.05) is 0 Å². The van der Waals surface area contributed by atoms with Crippen molar-refractivity contribution < 1.29 is 30.7 Å². The van der Waals surface area contributed by atoms with Gasteiger partial charge in [0.15, 0.2) is 21.4 Å². The molecule has 1 heterocycles. The number of rotatable bonds is 6. The van der Waals surface area contributed by atoms with E-state index in [9.17, 15) is 26.0 Å². The summed E-state index contributed by atoms with van der Waals surface area (Å²) < 4.78 is 83.9. The van der Waals surface area contributed by atoms with Crippen molar-refractivity contribution in [2.45, 2.75) is 23.5 Å². The maximum Gasteiger partial charge on any atom is 0.431 e. The first-order valence-electron chi connectivity index (χ1n) is 10.3. The SMILES string of the molecule is CS(=O)(=O)c1cccc(-c2ccc(OCC3CC(C(F)(F)F)=NN3c3ccccc3Cl)c(F)c2)c1. The van der Waals surface area contributed by atoms with Crippen LogP contribution in [-0.2, 0) is 9.84 Å². The van der Waals surface area contributed by atoms with Gasteiger partial charge in [-0.15, -0.1) is 0 Å². The second kappa shape index (κ2) is 9.50. The number of sulfone groups is 1. The summed E-state index contributed by atoms with van der Waals surface area (Å²) in [5.41, 5.74) is 0.208. The van der Waals surface area contributed by atoms with E-state index in [4.69, 9.17) is 16.3 Å². The summed E-state index contributed by atoms with van der Waals surface area (Å²) in [6.45, 7) is -0.284. The molecule has 0 saturated carbocycles. The Morgan fingerprint density at radius 3 is 2.43 bits per heavy atom. The molecule has 4 rings (SSSR count). The predicted molar refractivity (Wildman–Crippen MR) is 126 cm³/mol. The van der Waals surface area contributed by atoms with E-state index >= 15 is 0 Å². The molecule has 3 aromatic carbocycles. The van der Waals surface area contributed by atoms with E-state index in [2.05, 4.69) is 5.10 Å². The highest BCUT2D eigenvalue weighted by Crippen LogP contribution is 2.35. The lowest BCUT2D eigenvalue weighted by Gasteiger charge is -2.24. The Morgan fingerprint density at radius 2 is 1.77 bits per heavy atom. The lowest BCUT2D eigenvalue weighted by Crippen LogP contribution is -2.33. The van der Waals surface area contributed by atoms with E-state index < -0.39 is 40.0 Å². The minimum absolute atomic E-state index is 0.0945. The number of hydrazone groups is 1. The molecule has 35 heavy (non-hydrogen) atoms. The first kappa shape index (κ1) is 25.0. The summed E-state index contributed by atoms with van der Waals surface area (Å²) in [5.74, 6) is -0.904. The fourth-order valence-electron chi connectivity index (χ4n) is 3.64. The third-order valence-electron chi connectivity index (χ3n) is 5.39. The summed E-state index contributed by atoms with van der Waals surface area (Å²) >= 11 is 6.16. The molecule has 0 N–H and O–H groups in total. The van der Waals surface area contributed by atoms with Crippen LogP contribution in [0.3, 0.4) is 0 Å². The van der Waals surface area contributed by atoms with Crippen LogP contribution < -0.4 is 9.75 Å². The van der Waals surface area contributed by atoms with Crippen LogP contribution in [0.4, 0.5) is 23.2 Å². The number of halogens is 5. The van der Waals surface area contributed by atoms with Crippen molar-refractivity contribution in [3.05, 3.63) is 77.6 Å². The zero-order valence-corrected chi connectivity index (χ0v) is 19.8. The van der Waals surface area contributed by atoms with E-state index in [0.29, 0.717) is 11.1 Å². The van der Waals surface area contributed by atoms with Crippen molar-refractivity contribution in [3.8, 4) is 16.9 Å². The maximum atomic E-state index is 14.8. The van der Waals surface area contributed by atoms with Gasteiger partial charge in [0, 0.05) is 12.7 Å². The molecule has 0 fully saturated rings. The highest BCUT2D eigenvalue weighted by Gasteiger charge is 2.43. The van der Waals surface area contributed by atoms with Gasteiger partial charge in [0.05, 0.1) is 21.6 Å². The Labute approximate surface area is 204 Å². The zero-order valence-electron chi connectivity index (χ0n) is 18.3. The van der Waals surface area contributed by atoms with Crippen LogP contribution in [0.15, 0.2) is 76.7 Å². The molecule has 3 aromatic rings. The fraction of sp³-hybridized carbons (Fsp3) is 0.208.